The molecule has 0 aliphatic heterocycles. The van der Waals surface area contributed by atoms with Crippen LogP contribution in [0.1, 0.15) is 49.1 Å². The van der Waals surface area contributed by atoms with Gasteiger partial charge in [0.05, 0.1) is 10.6 Å². The number of nitrogens with zero attached hydrogens (tertiary/aromatic N) is 4. The Hall–Kier alpha value is -1.27. The lowest BCUT2D eigenvalue weighted by atomic mass is 10.1. The molecule has 2 N–H and O–H groups in total. The predicted octanol–water partition coefficient (Wildman–Crippen LogP) is 1.93. The van der Waals surface area contributed by atoms with E-state index >= 15 is 0 Å². The van der Waals surface area contributed by atoms with E-state index in [9.17, 15) is 0 Å². The zero-order valence-electron chi connectivity index (χ0n) is 10.3. The summed E-state index contributed by atoms with van der Waals surface area (Å²) in [5.74, 6) is 1.21. The first-order chi connectivity index (χ1) is 8.15. The van der Waals surface area contributed by atoms with Crippen LogP contribution in [0.2, 0.25) is 0 Å². The Bertz CT molecular complexity index is 488. The molecule has 92 valence electrons. The van der Waals surface area contributed by atoms with Crippen molar-refractivity contribution in [2.45, 2.75) is 39.3 Å². The monoisotopic (exact) mass is 251 g/mol. The highest BCUT2D eigenvalue weighted by Gasteiger charge is 2.22. The highest BCUT2D eigenvalue weighted by Crippen LogP contribution is 2.28. The molecule has 0 aliphatic rings. The van der Waals surface area contributed by atoms with Gasteiger partial charge in [0.2, 0.25) is 0 Å². The van der Waals surface area contributed by atoms with E-state index in [0.717, 1.165) is 22.9 Å². The molecule has 2 rings (SSSR count). The molecule has 0 spiro atoms. The van der Waals surface area contributed by atoms with Crippen molar-refractivity contribution in [3.63, 3.8) is 0 Å². The van der Waals surface area contributed by atoms with Crippen molar-refractivity contribution in [2.24, 2.45) is 5.73 Å². The summed E-state index contributed by atoms with van der Waals surface area (Å²) in [6.45, 7) is 7.14. The van der Waals surface area contributed by atoms with Gasteiger partial charge in [0.25, 0.3) is 0 Å². The third-order valence-corrected chi connectivity index (χ3v) is 3.56. The van der Waals surface area contributed by atoms with E-state index in [1.807, 2.05) is 6.20 Å². The third-order valence-electron chi connectivity index (χ3n) is 2.74. The first-order valence-corrected chi connectivity index (χ1v) is 6.51. The number of rotatable bonds is 4. The molecule has 6 heteroatoms. The van der Waals surface area contributed by atoms with E-state index in [1.165, 1.54) is 11.5 Å². The average Bonchev–Trinajstić information content (AvgIpc) is 2.96. The molecule has 5 nitrogen and oxygen atoms in total. The van der Waals surface area contributed by atoms with Crippen LogP contribution >= 0.6 is 11.5 Å². The second-order valence-corrected chi connectivity index (χ2v) is 5.01. The van der Waals surface area contributed by atoms with E-state index in [0.29, 0.717) is 5.92 Å². The molecule has 17 heavy (non-hydrogen) atoms. The topological polar surface area (TPSA) is 69.6 Å². The van der Waals surface area contributed by atoms with Gasteiger partial charge in [-0.05, 0) is 24.4 Å². The predicted molar refractivity (Wildman–Crippen MR) is 67.9 cm³/mol. The molecular weight excluding hydrogens is 234 g/mol. The van der Waals surface area contributed by atoms with Crippen LogP contribution in [0.4, 0.5) is 0 Å². The van der Waals surface area contributed by atoms with Crippen molar-refractivity contribution >= 4 is 11.5 Å². The molecule has 0 fully saturated rings. The normalized spacial score (nSPS) is 13.2. The van der Waals surface area contributed by atoms with Gasteiger partial charge in [0.1, 0.15) is 11.9 Å². The standard InChI is InChI=1S/C11H17N5S/c1-4-16-6-5-13-11(16)8(12)10-9(7(2)3)14-15-17-10/h5-8H,4,12H2,1-3H3. The van der Waals surface area contributed by atoms with E-state index in [-0.39, 0.29) is 6.04 Å². The van der Waals surface area contributed by atoms with E-state index in [4.69, 9.17) is 5.73 Å². The number of hydrogen-bond acceptors (Lipinski definition) is 5. The number of hydrogen-bond donors (Lipinski definition) is 1. The first kappa shape index (κ1) is 12.2. The lowest BCUT2D eigenvalue weighted by Gasteiger charge is -2.13. The van der Waals surface area contributed by atoms with Crippen LogP contribution in [-0.4, -0.2) is 19.1 Å². The fourth-order valence-corrected chi connectivity index (χ4v) is 2.61. The maximum absolute atomic E-state index is 6.27. The highest BCUT2D eigenvalue weighted by molar-refractivity contribution is 7.05. The maximum atomic E-state index is 6.27. The molecule has 0 aromatic carbocycles. The van der Waals surface area contributed by atoms with E-state index < -0.39 is 0 Å². The zero-order chi connectivity index (χ0) is 12.4. The molecule has 0 saturated carbocycles. The van der Waals surface area contributed by atoms with Gasteiger partial charge in [-0.25, -0.2) is 4.98 Å². The molecule has 1 atom stereocenters. The summed E-state index contributed by atoms with van der Waals surface area (Å²) in [6.07, 6.45) is 3.72. The number of aryl methyl sites for hydroxylation is 1. The van der Waals surface area contributed by atoms with Crippen molar-refractivity contribution in [3.05, 3.63) is 28.8 Å². The fraction of sp³-hybridized carbons (Fsp3) is 0.545. The second kappa shape index (κ2) is 4.93. The van der Waals surface area contributed by atoms with Gasteiger partial charge in [-0.1, -0.05) is 18.3 Å². The zero-order valence-corrected chi connectivity index (χ0v) is 11.1. The fourth-order valence-electron chi connectivity index (χ4n) is 1.80. The van der Waals surface area contributed by atoms with Crippen molar-refractivity contribution in [1.82, 2.24) is 19.1 Å². The molecule has 0 amide bonds. The minimum Gasteiger partial charge on any atom is -0.334 e. The second-order valence-electron chi connectivity index (χ2n) is 4.23. The highest BCUT2D eigenvalue weighted by atomic mass is 32.1. The van der Waals surface area contributed by atoms with Gasteiger partial charge in [0, 0.05) is 18.9 Å². The number of nitrogens with two attached hydrogens (primary N) is 1. The van der Waals surface area contributed by atoms with Crippen LogP contribution in [0.3, 0.4) is 0 Å². The Morgan fingerprint density at radius 1 is 1.47 bits per heavy atom. The molecule has 2 aromatic rings. The Labute approximate surface area is 105 Å². The Morgan fingerprint density at radius 2 is 2.24 bits per heavy atom. The molecule has 0 saturated heterocycles. The number of aromatic nitrogens is 4. The van der Waals surface area contributed by atoms with Crippen molar-refractivity contribution < 1.29 is 0 Å². The van der Waals surface area contributed by atoms with Crippen LogP contribution in [0.15, 0.2) is 12.4 Å². The average molecular weight is 251 g/mol. The van der Waals surface area contributed by atoms with Gasteiger partial charge >= 0.3 is 0 Å². The molecule has 2 heterocycles. The third kappa shape index (κ3) is 2.23. The van der Waals surface area contributed by atoms with Gasteiger partial charge in [0.15, 0.2) is 0 Å². The Kier molecular flexibility index (Phi) is 3.54. The SMILES string of the molecule is CCn1ccnc1C(N)c1snnc1C(C)C. The summed E-state index contributed by atoms with van der Waals surface area (Å²) in [4.78, 5) is 5.35. The molecule has 1 unspecified atom stereocenters. The largest absolute Gasteiger partial charge is 0.334 e. The van der Waals surface area contributed by atoms with Gasteiger partial charge in [-0.3, -0.25) is 0 Å². The first-order valence-electron chi connectivity index (χ1n) is 5.73. The van der Waals surface area contributed by atoms with Crippen LogP contribution in [-0.2, 0) is 6.54 Å². The Morgan fingerprint density at radius 3 is 2.88 bits per heavy atom. The van der Waals surface area contributed by atoms with Crippen molar-refractivity contribution in [3.8, 4) is 0 Å². The molecule has 0 aliphatic carbocycles. The summed E-state index contributed by atoms with van der Waals surface area (Å²) in [5.41, 5.74) is 7.25. The molecule has 0 bridgehead atoms. The van der Waals surface area contributed by atoms with Crippen molar-refractivity contribution in [2.75, 3.05) is 0 Å². The quantitative estimate of drug-likeness (QED) is 0.901. The van der Waals surface area contributed by atoms with E-state index in [2.05, 4.69) is 39.9 Å². The lowest BCUT2D eigenvalue weighted by Crippen LogP contribution is -2.18. The minimum absolute atomic E-state index is 0.234. The van der Waals surface area contributed by atoms with Gasteiger partial charge < -0.3 is 10.3 Å². The Balaban J connectivity index is 2.37. The van der Waals surface area contributed by atoms with Gasteiger partial charge in [-0.15, -0.1) is 5.10 Å². The molecule has 2 aromatic heterocycles. The van der Waals surface area contributed by atoms with Crippen LogP contribution in [0, 0.1) is 0 Å². The summed E-state index contributed by atoms with van der Waals surface area (Å²) in [6, 6.07) is -0.234. The molecular formula is C11H17N5S. The summed E-state index contributed by atoms with van der Waals surface area (Å²) in [7, 11) is 0. The van der Waals surface area contributed by atoms with Crippen molar-refractivity contribution in [1.29, 1.82) is 0 Å². The summed E-state index contributed by atoms with van der Waals surface area (Å²) >= 11 is 1.36. The minimum atomic E-state index is -0.234. The summed E-state index contributed by atoms with van der Waals surface area (Å²) in [5, 5.41) is 4.15. The van der Waals surface area contributed by atoms with Crippen LogP contribution in [0.5, 0.6) is 0 Å². The summed E-state index contributed by atoms with van der Waals surface area (Å²) < 4.78 is 6.05. The number of imidazole rings is 1. The maximum Gasteiger partial charge on any atom is 0.131 e. The van der Waals surface area contributed by atoms with Crippen LogP contribution in [0.25, 0.3) is 0 Å². The smallest absolute Gasteiger partial charge is 0.131 e. The lowest BCUT2D eigenvalue weighted by molar-refractivity contribution is 0.652. The van der Waals surface area contributed by atoms with Crippen LogP contribution < -0.4 is 5.73 Å². The van der Waals surface area contributed by atoms with Gasteiger partial charge in [-0.2, -0.15) is 0 Å². The molecule has 0 radical (unpaired) electrons. The van der Waals surface area contributed by atoms with E-state index in [1.54, 1.807) is 6.20 Å².